The van der Waals surface area contributed by atoms with Gasteiger partial charge < -0.3 is 0 Å². The molecule has 0 bridgehead atoms. The Morgan fingerprint density at radius 1 is 1.58 bits per heavy atom. The van der Waals surface area contributed by atoms with Crippen LogP contribution in [0.25, 0.3) is 0 Å². The SMILES string of the molecule is CCCC[n+]1ccn(C(C)N)c1. The van der Waals surface area contributed by atoms with Crippen molar-refractivity contribution in [2.24, 2.45) is 5.73 Å². The fourth-order valence-electron chi connectivity index (χ4n) is 1.12. The van der Waals surface area contributed by atoms with Crippen LogP contribution in [0.1, 0.15) is 32.9 Å². The maximum Gasteiger partial charge on any atom is 0.245 e. The van der Waals surface area contributed by atoms with E-state index in [1.807, 2.05) is 17.7 Å². The lowest BCUT2D eigenvalue weighted by Crippen LogP contribution is -2.31. The summed E-state index contributed by atoms with van der Waals surface area (Å²) in [6.45, 7) is 5.27. The van der Waals surface area contributed by atoms with Gasteiger partial charge in [-0.25, -0.2) is 9.13 Å². The van der Waals surface area contributed by atoms with Crippen molar-refractivity contribution in [1.29, 1.82) is 0 Å². The lowest BCUT2D eigenvalue weighted by molar-refractivity contribution is -0.697. The van der Waals surface area contributed by atoms with Crippen molar-refractivity contribution in [3.8, 4) is 0 Å². The van der Waals surface area contributed by atoms with Gasteiger partial charge in [0.1, 0.15) is 18.6 Å². The van der Waals surface area contributed by atoms with E-state index in [0.29, 0.717) is 0 Å². The molecule has 0 aromatic carbocycles. The van der Waals surface area contributed by atoms with E-state index in [2.05, 4.69) is 24.0 Å². The molecule has 0 radical (unpaired) electrons. The summed E-state index contributed by atoms with van der Waals surface area (Å²) in [6.07, 6.45) is 8.68. The molecule has 0 aliphatic rings. The van der Waals surface area contributed by atoms with Crippen LogP contribution >= 0.6 is 0 Å². The van der Waals surface area contributed by atoms with Crippen LogP contribution < -0.4 is 10.3 Å². The van der Waals surface area contributed by atoms with Crippen molar-refractivity contribution in [3.63, 3.8) is 0 Å². The molecular formula is C9H18N3+. The third-order valence-electron chi connectivity index (χ3n) is 1.95. The molecule has 3 heteroatoms. The Morgan fingerprint density at radius 3 is 2.83 bits per heavy atom. The molecule has 1 atom stereocenters. The van der Waals surface area contributed by atoms with Crippen molar-refractivity contribution >= 4 is 0 Å². The summed E-state index contributed by atoms with van der Waals surface area (Å²) < 4.78 is 4.18. The molecule has 1 aromatic heterocycles. The smallest absolute Gasteiger partial charge is 0.245 e. The second-order valence-electron chi connectivity index (χ2n) is 3.19. The Hall–Kier alpha value is -0.830. The number of hydrogen-bond donors (Lipinski definition) is 1. The van der Waals surface area contributed by atoms with Crippen LogP contribution in [0.2, 0.25) is 0 Å². The minimum atomic E-state index is 0.0767. The fourth-order valence-corrected chi connectivity index (χ4v) is 1.12. The average Bonchev–Trinajstić information content (AvgIpc) is 2.48. The molecule has 0 saturated carbocycles. The van der Waals surface area contributed by atoms with Crippen LogP contribution in [0.15, 0.2) is 18.7 Å². The van der Waals surface area contributed by atoms with E-state index in [1.54, 1.807) is 0 Å². The summed E-state index contributed by atoms with van der Waals surface area (Å²) >= 11 is 0. The van der Waals surface area contributed by atoms with Crippen molar-refractivity contribution in [3.05, 3.63) is 18.7 Å². The fraction of sp³-hybridized carbons (Fsp3) is 0.667. The normalized spacial score (nSPS) is 13.2. The molecular weight excluding hydrogens is 150 g/mol. The Bertz CT molecular complexity index is 227. The van der Waals surface area contributed by atoms with E-state index in [0.717, 1.165) is 6.54 Å². The van der Waals surface area contributed by atoms with Crippen LogP contribution in [0.4, 0.5) is 0 Å². The predicted molar refractivity (Wildman–Crippen MR) is 48.4 cm³/mol. The highest BCUT2D eigenvalue weighted by molar-refractivity contribution is 4.69. The lowest BCUT2D eigenvalue weighted by atomic mass is 10.3. The summed E-state index contributed by atoms with van der Waals surface area (Å²) in [5, 5.41) is 0. The van der Waals surface area contributed by atoms with Crippen LogP contribution in [-0.2, 0) is 6.54 Å². The largest absolute Gasteiger partial charge is 0.293 e. The predicted octanol–water partition coefficient (Wildman–Crippen LogP) is 1.05. The van der Waals surface area contributed by atoms with Crippen molar-refractivity contribution in [2.75, 3.05) is 0 Å². The molecule has 1 rings (SSSR count). The quantitative estimate of drug-likeness (QED) is 0.670. The molecule has 68 valence electrons. The first-order valence-corrected chi connectivity index (χ1v) is 4.56. The van der Waals surface area contributed by atoms with E-state index in [9.17, 15) is 0 Å². The molecule has 3 nitrogen and oxygen atoms in total. The van der Waals surface area contributed by atoms with Gasteiger partial charge in [-0.1, -0.05) is 13.3 Å². The molecule has 0 saturated heterocycles. The number of hydrogen-bond acceptors (Lipinski definition) is 1. The van der Waals surface area contributed by atoms with E-state index < -0.39 is 0 Å². The van der Waals surface area contributed by atoms with Gasteiger partial charge in [-0.2, -0.15) is 0 Å². The van der Waals surface area contributed by atoms with Gasteiger partial charge in [-0.3, -0.25) is 5.73 Å². The number of nitrogens with zero attached hydrogens (tertiary/aromatic N) is 2. The number of aromatic nitrogens is 2. The number of rotatable bonds is 4. The third-order valence-corrected chi connectivity index (χ3v) is 1.95. The molecule has 0 fully saturated rings. The lowest BCUT2D eigenvalue weighted by Gasteiger charge is -1.97. The zero-order valence-electron chi connectivity index (χ0n) is 7.90. The molecule has 1 heterocycles. The second kappa shape index (κ2) is 4.26. The molecule has 0 amide bonds. The molecule has 0 aliphatic carbocycles. The van der Waals surface area contributed by atoms with Crippen LogP contribution in [-0.4, -0.2) is 4.57 Å². The maximum atomic E-state index is 5.71. The van der Waals surface area contributed by atoms with Gasteiger partial charge in [0.15, 0.2) is 0 Å². The van der Waals surface area contributed by atoms with Gasteiger partial charge in [0.2, 0.25) is 6.33 Å². The Kier molecular flexibility index (Phi) is 3.29. The van der Waals surface area contributed by atoms with Crippen molar-refractivity contribution < 1.29 is 4.57 Å². The van der Waals surface area contributed by atoms with Gasteiger partial charge in [-0.15, -0.1) is 0 Å². The number of imidazole rings is 1. The van der Waals surface area contributed by atoms with E-state index in [4.69, 9.17) is 5.73 Å². The first-order chi connectivity index (χ1) is 5.74. The molecule has 12 heavy (non-hydrogen) atoms. The maximum absolute atomic E-state index is 5.71. The van der Waals surface area contributed by atoms with Gasteiger partial charge in [0, 0.05) is 0 Å². The molecule has 1 unspecified atom stereocenters. The third kappa shape index (κ3) is 2.34. The zero-order valence-corrected chi connectivity index (χ0v) is 7.90. The van der Waals surface area contributed by atoms with Crippen LogP contribution in [0, 0.1) is 0 Å². The highest BCUT2D eigenvalue weighted by Gasteiger charge is 2.05. The molecule has 0 spiro atoms. The Balaban J connectivity index is 2.52. The standard InChI is InChI=1S/C9H18N3/c1-3-4-5-11-6-7-12(8-11)9(2)10/h6-9H,3-5,10H2,1-2H3/q+1. The monoisotopic (exact) mass is 168 g/mol. The first-order valence-electron chi connectivity index (χ1n) is 4.56. The Labute approximate surface area is 73.8 Å². The van der Waals surface area contributed by atoms with Gasteiger partial charge in [0.25, 0.3) is 0 Å². The highest BCUT2D eigenvalue weighted by Crippen LogP contribution is 1.94. The van der Waals surface area contributed by atoms with Gasteiger partial charge in [-0.05, 0) is 13.3 Å². The zero-order chi connectivity index (χ0) is 8.97. The van der Waals surface area contributed by atoms with Gasteiger partial charge >= 0.3 is 0 Å². The molecule has 2 N–H and O–H groups in total. The minimum Gasteiger partial charge on any atom is -0.293 e. The summed E-state index contributed by atoms with van der Waals surface area (Å²) in [5.74, 6) is 0. The minimum absolute atomic E-state index is 0.0767. The average molecular weight is 168 g/mol. The summed E-state index contributed by atoms with van der Waals surface area (Å²) in [5.41, 5.74) is 5.71. The molecule has 1 aromatic rings. The van der Waals surface area contributed by atoms with Gasteiger partial charge in [0.05, 0.1) is 6.54 Å². The first kappa shape index (κ1) is 9.26. The van der Waals surface area contributed by atoms with Crippen molar-refractivity contribution in [1.82, 2.24) is 4.57 Å². The molecule has 0 aliphatic heterocycles. The van der Waals surface area contributed by atoms with Crippen molar-refractivity contribution in [2.45, 2.75) is 39.4 Å². The topological polar surface area (TPSA) is 34.8 Å². The summed E-state index contributed by atoms with van der Waals surface area (Å²) in [7, 11) is 0. The van der Waals surface area contributed by atoms with E-state index >= 15 is 0 Å². The second-order valence-corrected chi connectivity index (χ2v) is 3.19. The number of nitrogens with two attached hydrogens (primary N) is 1. The van der Waals surface area contributed by atoms with E-state index in [1.165, 1.54) is 12.8 Å². The van der Waals surface area contributed by atoms with Crippen LogP contribution in [0.5, 0.6) is 0 Å². The highest BCUT2D eigenvalue weighted by atomic mass is 15.2. The Morgan fingerprint density at radius 2 is 2.33 bits per heavy atom. The number of unbranched alkanes of at least 4 members (excludes halogenated alkanes) is 1. The van der Waals surface area contributed by atoms with Crippen LogP contribution in [0.3, 0.4) is 0 Å². The number of aryl methyl sites for hydroxylation is 1. The summed E-state index contributed by atoms with van der Waals surface area (Å²) in [4.78, 5) is 0. The van der Waals surface area contributed by atoms with E-state index in [-0.39, 0.29) is 6.17 Å². The summed E-state index contributed by atoms with van der Waals surface area (Å²) in [6, 6.07) is 0.